The number of anilines is 1. The first-order valence-electron chi connectivity index (χ1n) is 7.74. The lowest BCUT2D eigenvalue weighted by molar-refractivity contribution is 0.637. The van der Waals surface area contributed by atoms with Gasteiger partial charge in [0.05, 0.1) is 5.52 Å². The fourth-order valence-electron chi connectivity index (χ4n) is 2.87. The molecule has 0 aliphatic rings. The average molecular weight is 278 g/mol. The molecule has 21 heavy (non-hydrogen) atoms. The van der Waals surface area contributed by atoms with Gasteiger partial charge in [0.25, 0.3) is 0 Å². The summed E-state index contributed by atoms with van der Waals surface area (Å²) in [5, 5.41) is 7.19. The van der Waals surface area contributed by atoms with Gasteiger partial charge in [-0.05, 0) is 30.7 Å². The number of nitrogens with one attached hydrogen (secondary N) is 1. The van der Waals surface area contributed by atoms with E-state index >= 15 is 0 Å². The number of hydrogen-bond donors (Lipinski definition) is 1. The van der Waals surface area contributed by atoms with Crippen molar-refractivity contribution in [3.63, 3.8) is 0 Å². The highest BCUT2D eigenvalue weighted by atomic mass is 14.9. The van der Waals surface area contributed by atoms with Crippen LogP contribution in [0.25, 0.3) is 21.7 Å². The zero-order chi connectivity index (χ0) is 14.8. The van der Waals surface area contributed by atoms with Crippen LogP contribution in [0.4, 0.5) is 5.69 Å². The molecule has 3 rings (SSSR count). The van der Waals surface area contributed by atoms with Crippen molar-refractivity contribution in [2.24, 2.45) is 5.92 Å². The van der Waals surface area contributed by atoms with Crippen molar-refractivity contribution in [2.45, 2.75) is 27.2 Å². The van der Waals surface area contributed by atoms with E-state index in [1.165, 1.54) is 27.5 Å². The minimum atomic E-state index is 0.611. The van der Waals surface area contributed by atoms with E-state index in [9.17, 15) is 0 Å². The fraction of sp³-hybridized carbons (Fsp3) is 0.316. The Hall–Kier alpha value is -2.09. The first-order chi connectivity index (χ1) is 10.2. The molecule has 2 nitrogen and oxygen atoms in total. The molecule has 3 aromatic rings. The highest BCUT2D eigenvalue weighted by Crippen LogP contribution is 2.30. The van der Waals surface area contributed by atoms with Gasteiger partial charge in [0.1, 0.15) is 0 Å². The lowest BCUT2D eigenvalue weighted by Crippen LogP contribution is -2.03. The smallest absolute Gasteiger partial charge is 0.0804 e. The molecule has 2 heteroatoms. The standard InChI is InChI=1S/C19H22N2/c1-4-20-18-12-15(11-13(2)3)21-19-16-8-6-5-7-14(16)9-10-17(18)19/h5-10,12-13H,4,11H2,1-3H3,(H,20,21). The Morgan fingerprint density at radius 2 is 1.86 bits per heavy atom. The van der Waals surface area contributed by atoms with Gasteiger partial charge in [0.2, 0.25) is 0 Å². The van der Waals surface area contributed by atoms with E-state index in [1.807, 2.05) is 0 Å². The summed E-state index contributed by atoms with van der Waals surface area (Å²) < 4.78 is 0. The summed E-state index contributed by atoms with van der Waals surface area (Å²) in [5.74, 6) is 0.611. The van der Waals surface area contributed by atoms with Gasteiger partial charge in [-0.1, -0.05) is 50.2 Å². The molecular weight excluding hydrogens is 256 g/mol. The largest absolute Gasteiger partial charge is 0.385 e. The number of hydrogen-bond acceptors (Lipinski definition) is 2. The van der Waals surface area contributed by atoms with Crippen LogP contribution < -0.4 is 5.32 Å². The van der Waals surface area contributed by atoms with E-state index in [0.717, 1.165) is 18.5 Å². The second-order valence-electron chi connectivity index (χ2n) is 5.97. The van der Waals surface area contributed by atoms with Gasteiger partial charge >= 0.3 is 0 Å². The molecule has 0 radical (unpaired) electrons. The molecular formula is C19H22N2. The first-order valence-corrected chi connectivity index (χ1v) is 7.74. The number of nitrogens with zero attached hydrogens (tertiary/aromatic N) is 1. The summed E-state index contributed by atoms with van der Waals surface area (Å²) in [6, 6.07) is 15.1. The third kappa shape index (κ3) is 2.71. The summed E-state index contributed by atoms with van der Waals surface area (Å²) in [5.41, 5.74) is 3.48. The number of rotatable bonds is 4. The van der Waals surface area contributed by atoms with Crippen LogP contribution in [0.5, 0.6) is 0 Å². The monoisotopic (exact) mass is 278 g/mol. The van der Waals surface area contributed by atoms with Crippen molar-refractivity contribution >= 4 is 27.4 Å². The van der Waals surface area contributed by atoms with Crippen molar-refractivity contribution in [1.82, 2.24) is 4.98 Å². The topological polar surface area (TPSA) is 24.9 Å². The highest BCUT2D eigenvalue weighted by Gasteiger charge is 2.09. The number of fused-ring (bicyclic) bond motifs is 3. The van der Waals surface area contributed by atoms with Crippen molar-refractivity contribution in [1.29, 1.82) is 0 Å². The molecule has 0 bridgehead atoms. The van der Waals surface area contributed by atoms with Gasteiger partial charge in [-0.25, -0.2) is 0 Å². The number of benzene rings is 2. The Morgan fingerprint density at radius 1 is 1.05 bits per heavy atom. The minimum absolute atomic E-state index is 0.611. The van der Waals surface area contributed by atoms with E-state index in [2.05, 4.69) is 68.6 Å². The molecule has 0 aliphatic carbocycles. The maximum Gasteiger partial charge on any atom is 0.0804 e. The molecule has 1 heterocycles. The van der Waals surface area contributed by atoms with Gasteiger partial charge in [-0.2, -0.15) is 0 Å². The molecule has 0 saturated carbocycles. The average Bonchev–Trinajstić information content (AvgIpc) is 2.47. The zero-order valence-electron chi connectivity index (χ0n) is 13.0. The molecule has 0 saturated heterocycles. The zero-order valence-corrected chi connectivity index (χ0v) is 13.0. The molecule has 1 N–H and O–H groups in total. The summed E-state index contributed by atoms with van der Waals surface area (Å²) in [6.07, 6.45) is 1.01. The number of pyridine rings is 1. The molecule has 108 valence electrons. The Kier molecular flexibility index (Phi) is 3.78. The lowest BCUT2D eigenvalue weighted by atomic mass is 10.0. The summed E-state index contributed by atoms with van der Waals surface area (Å²) in [7, 11) is 0. The van der Waals surface area contributed by atoms with E-state index in [4.69, 9.17) is 4.98 Å². The minimum Gasteiger partial charge on any atom is -0.385 e. The normalized spacial score (nSPS) is 11.4. The molecule has 0 amide bonds. The first kappa shape index (κ1) is 13.9. The van der Waals surface area contributed by atoms with Crippen LogP contribution in [0.3, 0.4) is 0 Å². The van der Waals surface area contributed by atoms with E-state index in [-0.39, 0.29) is 0 Å². The van der Waals surface area contributed by atoms with Gasteiger partial charge in [0.15, 0.2) is 0 Å². The second kappa shape index (κ2) is 5.72. The number of aromatic nitrogens is 1. The Morgan fingerprint density at radius 3 is 2.62 bits per heavy atom. The van der Waals surface area contributed by atoms with Crippen molar-refractivity contribution < 1.29 is 0 Å². The molecule has 2 aromatic carbocycles. The van der Waals surface area contributed by atoms with Crippen LogP contribution in [0.15, 0.2) is 42.5 Å². The Bertz CT molecular complexity index is 775. The predicted octanol–water partition coefficient (Wildman–Crippen LogP) is 5.02. The SMILES string of the molecule is CCNc1cc(CC(C)C)nc2c1ccc1ccccc12. The fourth-order valence-corrected chi connectivity index (χ4v) is 2.87. The van der Waals surface area contributed by atoms with Gasteiger partial charge in [0, 0.05) is 28.7 Å². The molecule has 0 atom stereocenters. The predicted molar refractivity (Wildman–Crippen MR) is 92.0 cm³/mol. The molecule has 0 aliphatic heterocycles. The van der Waals surface area contributed by atoms with Crippen molar-refractivity contribution in [3.8, 4) is 0 Å². The molecule has 0 fully saturated rings. The molecule has 0 unspecified atom stereocenters. The van der Waals surface area contributed by atoms with Gasteiger partial charge in [-0.15, -0.1) is 0 Å². The summed E-state index contributed by atoms with van der Waals surface area (Å²) in [4.78, 5) is 4.95. The second-order valence-corrected chi connectivity index (χ2v) is 5.97. The maximum atomic E-state index is 4.95. The third-order valence-electron chi connectivity index (χ3n) is 3.74. The van der Waals surface area contributed by atoms with Crippen LogP contribution in [0.2, 0.25) is 0 Å². The van der Waals surface area contributed by atoms with Crippen LogP contribution in [0, 0.1) is 5.92 Å². The molecule has 1 aromatic heterocycles. The van der Waals surface area contributed by atoms with Crippen LogP contribution in [-0.2, 0) is 6.42 Å². The quantitative estimate of drug-likeness (QED) is 0.678. The van der Waals surface area contributed by atoms with Crippen LogP contribution >= 0.6 is 0 Å². The summed E-state index contributed by atoms with van der Waals surface area (Å²) >= 11 is 0. The summed E-state index contributed by atoms with van der Waals surface area (Å²) in [6.45, 7) is 7.53. The van der Waals surface area contributed by atoms with Gasteiger partial charge in [-0.3, -0.25) is 4.98 Å². The van der Waals surface area contributed by atoms with E-state index in [1.54, 1.807) is 0 Å². The van der Waals surface area contributed by atoms with Crippen LogP contribution in [0.1, 0.15) is 26.5 Å². The Balaban J connectivity index is 2.30. The lowest BCUT2D eigenvalue weighted by Gasteiger charge is -2.13. The molecule has 0 spiro atoms. The van der Waals surface area contributed by atoms with Crippen LogP contribution in [-0.4, -0.2) is 11.5 Å². The highest BCUT2D eigenvalue weighted by molar-refractivity contribution is 6.09. The van der Waals surface area contributed by atoms with Crippen molar-refractivity contribution in [3.05, 3.63) is 48.2 Å². The maximum absolute atomic E-state index is 4.95. The Labute approximate surface area is 126 Å². The third-order valence-corrected chi connectivity index (χ3v) is 3.74. The van der Waals surface area contributed by atoms with E-state index < -0.39 is 0 Å². The van der Waals surface area contributed by atoms with Gasteiger partial charge < -0.3 is 5.32 Å². The van der Waals surface area contributed by atoms with E-state index in [0.29, 0.717) is 5.92 Å². The van der Waals surface area contributed by atoms with Crippen molar-refractivity contribution in [2.75, 3.05) is 11.9 Å².